The molecule has 0 aliphatic heterocycles. The van der Waals surface area contributed by atoms with Gasteiger partial charge in [0.1, 0.15) is 0 Å². The molecule has 5 nitrogen and oxygen atoms in total. The van der Waals surface area contributed by atoms with Crippen LogP contribution in [0.3, 0.4) is 0 Å². The molecular weight excluding hydrogens is 359 g/mol. The van der Waals surface area contributed by atoms with E-state index in [1.54, 1.807) is 0 Å². The standard InChI is InChI=1S/C19H16F3N3O2/c20-19(21,22)15-8-4-7-14(11-15)18-24-17(27-25-18)12-23-16(26)10-9-13-5-2-1-3-6-13/h1-8,11H,9-10,12H2,(H,23,26). The average Bonchev–Trinajstić information content (AvgIpc) is 3.14. The highest BCUT2D eigenvalue weighted by Crippen LogP contribution is 2.31. The van der Waals surface area contributed by atoms with Crippen molar-refractivity contribution in [2.24, 2.45) is 0 Å². The number of carbonyl (C=O) groups excluding carboxylic acids is 1. The summed E-state index contributed by atoms with van der Waals surface area (Å²) in [6, 6.07) is 14.2. The van der Waals surface area contributed by atoms with E-state index >= 15 is 0 Å². The summed E-state index contributed by atoms with van der Waals surface area (Å²) in [6.45, 7) is 0.0135. The van der Waals surface area contributed by atoms with Gasteiger partial charge < -0.3 is 9.84 Å². The molecule has 1 amide bonds. The number of halogens is 3. The molecule has 1 N–H and O–H groups in total. The second-order valence-corrected chi connectivity index (χ2v) is 5.85. The maximum Gasteiger partial charge on any atom is 0.416 e. The third-order valence-corrected chi connectivity index (χ3v) is 3.84. The van der Waals surface area contributed by atoms with Gasteiger partial charge in [0.2, 0.25) is 17.6 Å². The number of aromatic nitrogens is 2. The molecule has 2 aromatic carbocycles. The fourth-order valence-corrected chi connectivity index (χ4v) is 2.44. The second-order valence-electron chi connectivity index (χ2n) is 5.85. The minimum atomic E-state index is -4.45. The van der Waals surface area contributed by atoms with Crippen molar-refractivity contribution in [1.29, 1.82) is 0 Å². The smallest absolute Gasteiger partial charge is 0.347 e. The Bertz CT molecular complexity index is 908. The Labute approximate surface area is 153 Å². The molecule has 1 aromatic heterocycles. The van der Waals surface area contributed by atoms with Crippen molar-refractivity contribution < 1.29 is 22.5 Å². The lowest BCUT2D eigenvalue weighted by molar-refractivity contribution is -0.137. The lowest BCUT2D eigenvalue weighted by Gasteiger charge is -2.06. The molecule has 0 radical (unpaired) electrons. The van der Waals surface area contributed by atoms with E-state index in [-0.39, 0.29) is 29.7 Å². The summed E-state index contributed by atoms with van der Waals surface area (Å²) in [5.74, 6) is -0.0252. The van der Waals surface area contributed by atoms with Crippen molar-refractivity contribution in [2.45, 2.75) is 25.6 Å². The molecule has 3 rings (SSSR count). The van der Waals surface area contributed by atoms with E-state index < -0.39 is 11.7 Å². The van der Waals surface area contributed by atoms with Crippen LogP contribution in [-0.2, 0) is 23.9 Å². The SMILES string of the molecule is O=C(CCc1ccccc1)NCc1nc(-c2cccc(C(F)(F)F)c2)no1. The number of nitrogens with zero attached hydrogens (tertiary/aromatic N) is 2. The van der Waals surface area contributed by atoms with Crippen molar-refractivity contribution >= 4 is 5.91 Å². The van der Waals surface area contributed by atoms with E-state index in [1.165, 1.54) is 12.1 Å². The van der Waals surface area contributed by atoms with Gasteiger partial charge in [-0.2, -0.15) is 18.2 Å². The molecule has 0 saturated carbocycles. The fraction of sp³-hybridized carbons (Fsp3) is 0.211. The monoisotopic (exact) mass is 375 g/mol. The zero-order chi connectivity index (χ0) is 19.3. The largest absolute Gasteiger partial charge is 0.416 e. The van der Waals surface area contributed by atoms with Crippen LogP contribution < -0.4 is 5.32 Å². The van der Waals surface area contributed by atoms with Gasteiger partial charge in [-0.3, -0.25) is 4.79 Å². The highest BCUT2D eigenvalue weighted by Gasteiger charge is 2.30. The number of hydrogen-bond donors (Lipinski definition) is 1. The number of alkyl halides is 3. The lowest BCUT2D eigenvalue weighted by Crippen LogP contribution is -2.23. The molecule has 8 heteroatoms. The van der Waals surface area contributed by atoms with Crippen molar-refractivity contribution in [1.82, 2.24) is 15.5 Å². The van der Waals surface area contributed by atoms with Crippen LogP contribution >= 0.6 is 0 Å². The number of rotatable bonds is 6. The Morgan fingerprint density at radius 1 is 1.07 bits per heavy atom. The predicted molar refractivity (Wildman–Crippen MR) is 91.3 cm³/mol. The van der Waals surface area contributed by atoms with E-state index in [0.29, 0.717) is 12.8 Å². The Morgan fingerprint density at radius 3 is 2.59 bits per heavy atom. The molecule has 0 aliphatic rings. The van der Waals surface area contributed by atoms with Crippen LogP contribution in [0.4, 0.5) is 13.2 Å². The highest BCUT2D eigenvalue weighted by atomic mass is 19.4. The van der Waals surface area contributed by atoms with Crippen LogP contribution in [0.1, 0.15) is 23.4 Å². The summed E-state index contributed by atoms with van der Waals surface area (Å²) in [6.07, 6.45) is -3.54. The number of amides is 1. The van der Waals surface area contributed by atoms with Crippen LogP contribution in [0.5, 0.6) is 0 Å². The van der Waals surface area contributed by atoms with E-state index in [0.717, 1.165) is 17.7 Å². The predicted octanol–water partition coefficient (Wildman–Crippen LogP) is 4.00. The molecule has 0 fully saturated rings. The van der Waals surface area contributed by atoms with Crippen LogP contribution in [0.2, 0.25) is 0 Å². The van der Waals surface area contributed by atoms with Gasteiger partial charge in [0.15, 0.2) is 0 Å². The number of carbonyl (C=O) groups is 1. The van der Waals surface area contributed by atoms with Crippen LogP contribution in [0, 0.1) is 0 Å². The summed E-state index contributed by atoms with van der Waals surface area (Å²) >= 11 is 0. The average molecular weight is 375 g/mol. The molecular formula is C19H16F3N3O2. The molecule has 27 heavy (non-hydrogen) atoms. The summed E-state index contributed by atoms with van der Waals surface area (Å²) < 4.78 is 43.3. The van der Waals surface area contributed by atoms with Crippen LogP contribution in [-0.4, -0.2) is 16.0 Å². The van der Waals surface area contributed by atoms with Crippen molar-refractivity contribution in [3.8, 4) is 11.4 Å². The number of nitrogens with one attached hydrogen (secondary N) is 1. The molecule has 0 atom stereocenters. The molecule has 1 heterocycles. The van der Waals surface area contributed by atoms with E-state index in [9.17, 15) is 18.0 Å². The third kappa shape index (κ3) is 5.16. The fourth-order valence-electron chi connectivity index (χ4n) is 2.44. The molecule has 0 spiro atoms. The van der Waals surface area contributed by atoms with E-state index in [4.69, 9.17) is 4.52 Å². The quantitative estimate of drug-likeness (QED) is 0.707. The Kier molecular flexibility index (Phi) is 5.54. The Balaban J connectivity index is 1.56. The number of hydrogen-bond acceptors (Lipinski definition) is 4. The van der Waals surface area contributed by atoms with Crippen molar-refractivity contribution in [3.63, 3.8) is 0 Å². The van der Waals surface area contributed by atoms with E-state index in [1.807, 2.05) is 30.3 Å². The zero-order valence-corrected chi connectivity index (χ0v) is 14.2. The summed E-state index contributed by atoms with van der Waals surface area (Å²) in [4.78, 5) is 15.9. The van der Waals surface area contributed by atoms with Gasteiger partial charge in [0, 0.05) is 12.0 Å². The van der Waals surface area contributed by atoms with Gasteiger partial charge in [-0.15, -0.1) is 0 Å². The molecule has 3 aromatic rings. The summed E-state index contributed by atoms with van der Waals surface area (Å²) in [7, 11) is 0. The first kappa shape index (κ1) is 18.6. The van der Waals surface area contributed by atoms with Gasteiger partial charge in [0.25, 0.3) is 0 Å². The Morgan fingerprint density at radius 2 is 1.85 bits per heavy atom. The molecule has 0 aliphatic carbocycles. The highest BCUT2D eigenvalue weighted by molar-refractivity contribution is 5.76. The first-order chi connectivity index (χ1) is 12.9. The molecule has 0 bridgehead atoms. The first-order valence-electron chi connectivity index (χ1n) is 8.22. The van der Waals surface area contributed by atoms with Gasteiger partial charge >= 0.3 is 6.18 Å². The van der Waals surface area contributed by atoms with Crippen LogP contribution in [0.25, 0.3) is 11.4 Å². The number of aryl methyl sites for hydroxylation is 1. The van der Waals surface area contributed by atoms with Crippen molar-refractivity contribution in [2.75, 3.05) is 0 Å². The Hall–Kier alpha value is -3.16. The summed E-state index contributed by atoms with van der Waals surface area (Å²) in [5.41, 5.74) is 0.452. The van der Waals surface area contributed by atoms with E-state index in [2.05, 4.69) is 15.5 Å². The molecule has 140 valence electrons. The van der Waals surface area contributed by atoms with Crippen LogP contribution in [0.15, 0.2) is 59.1 Å². The molecule has 0 unspecified atom stereocenters. The number of benzene rings is 2. The lowest BCUT2D eigenvalue weighted by atomic mass is 10.1. The normalized spacial score (nSPS) is 11.4. The minimum Gasteiger partial charge on any atom is -0.347 e. The minimum absolute atomic E-state index is 0.0135. The van der Waals surface area contributed by atoms with Gasteiger partial charge in [-0.25, -0.2) is 0 Å². The maximum absolute atomic E-state index is 12.8. The van der Waals surface area contributed by atoms with Gasteiger partial charge in [-0.05, 0) is 24.1 Å². The third-order valence-electron chi connectivity index (χ3n) is 3.84. The molecule has 0 saturated heterocycles. The second kappa shape index (κ2) is 8.03. The van der Waals surface area contributed by atoms with Crippen molar-refractivity contribution in [3.05, 3.63) is 71.6 Å². The van der Waals surface area contributed by atoms with Gasteiger partial charge in [-0.1, -0.05) is 47.6 Å². The zero-order valence-electron chi connectivity index (χ0n) is 14.2. The maximum atomic E-state index is 12.8. The summed E-state index contributed by atoms with van der Waals surface area (Å²) in [5, 5.41) is 6.33. The topological polar surface area (TPSA) is 68.0 Å². The van der Waals surface area contributed by atoms with Gasteiger partial charge in [0.05, 0.1) is 12.1 Å². The first-order valence-corrected chi connectivity index (χ1v) is 8.22.